The van der Waals surface area contributed by atoms with Gasteiger partial charge < -0.3 is 24.1 Å². The van der Waals surface area contributed by atoms with Crippen molar-refractivity contribution in [1.29, 1.82) is 0 Å². The molecule has 13 unspecified atom stereocenters. The number of hydrogen-bond donors (Lipinski definition) is 1. The van der Waals surface area contributed by atoms with Crippen molar-refractivity contribution >= 4 is 23.9 Å². The summed E-state index contributed by atoms with van der Waals surface area (Å²) in [6.07, 6.45) is 15.9. The van der Waals surface area contributed by atoms with Crippen LogP contribution in [-0.2, 0) is 38.1 Å². The van der Waals surface area contributed by atoms with Gasteiger partial charge in [0.2, 0.25) is 0 Å². The average molecular weight is 825 g/mol. The summed E-state index contributed by atoms with van der Waals surface area (Å²) in [5, 5.41) is 10.6. The maximum atomic E-state index is 12.7. The van der Waals surface area contributed by atoms with E-state index in [1.807, 2.05) is 48.5 Å². The standard InChI is InChI=1S/C21H36O2.C15H24O3.C14H20O4/c1-8-18(3,4)17(22)23-20(7)11-12-21-13-16(20)19(5,6)15(21)10-9-14(21)2;1-3-10(2)13(16)18-15-7-11-4-12(8-15)6-14(17,5-11)9-15;1-4-14(2,3)13(16)18-10-7-5-8-9(6-7)12(15)17-11(8)10/h14-16H,8-13H2,1-7H3;10-12,17H,3-9H2,1-2H3;7-11H,4-6H2,1-3H3. The van der Waals surface area contributed by atoms with Gasteiger partial charge in [0.05, 0.1) is 28.3 Å². The Hall–Kier alpha value is -2.16. The fourth-order valence-corrected chi connectivity index (χ4v) is 14.7. The lowest BCUT2D eigenvalue weighted by Crippen LogP contribution is -2.60. The second-order valence-corrected chi connectivity index (χ2v) is 23.9. The van der Waals surface area contributed by atoms with Gasteiger partial charge >= 0.3 is 23.9 Å². The zero-order chi connectivity index (χ0) is 43.3. The van der Waals surface area contributed by atoms with Gasteiger partial charge in [-0.3, -0.25) is 19.2 Å². The van der Waals surface area contributed by atoms with Crippen molar-refractivity contribution in [2.45, 2.75) is 215 Å². The van der Waals surface area contributed by atoms with Crippen LogP contribution in [0.3, 0.4) is 0 Å². The van der Waals surface area contributed by atoms with Gasteiger partial charge in [0.25, 0.3) is 0 Å². The third-order valence-corrected chi connectivity index (χ3v) is 18.9. The van der Waals surface area contributed by atoms with Crippen LogP contribution in [0.4, 0.5) is 0 Å². The molecular weight excluding hydrogens is 745 g/mol. The normalized spacial score (nSPS) is 44.4. The number of carbonyl (C=O) groups is 4. The second-order valence-electron chi connectivity index (χ2n) is 23.9. The lowest BCUT2D eigenvalue weighted by Gasteiger charge is -2.59. The fraction of sp³-hybridized carbons (Fsp3) is 0.920. The molecule has 1 heterocycles. The molecule has 9 nitrogen and oxygen atoms in total. The van der Waals surface area contributed by atoms with Crippen LogP contribution in [0, 0.1) is 74.9 Å². The molecule has 1 N–H and O–H groups in total. The highest BCUT2D eigenvalue weighted by atomic mass is 16.6. The first-order valence-electron chi connectivity index (χ1n) is 24.0. The van der Waals surface area contributed by atoms with Crippen LogP contribution in [0.25, 0.3) is 0 Å². The average Bonchev–Trinajstić information content (AvgIpc) is 3.91. The lowest BCUT2D eigenvalue weighted by molar-refractivity contribution is -0.222. The molecule has 0 aromatic rings. The molecule has 9 saturated carbocycles. The van der Waals surface area contributed by atoms with Crippen molar-refractivity contribution < 1.29 is 43.2 Å². The molecule has 1 spiro atoms. The molecule has 1 aliphatic heterocycles. The van der Waals surface area contributed by atoms with Gasteiger partial charge in [-0.05, 0) is 165 Å². The molecular formula is C50H80O9. The van der Waals surface area contributed by atoms with Crippen molar-refractivity contribution in [3.63, 3.8) is 0 Å². The van der Waals surface area contributed by atoms with E-state index in [2.05, 4.69) is 34.6 Å². The Labute approximate surface area is 355 Å². The lowest BCUT2D eigenvalue weighted by atomic mass is 9.52. The second kappa shape index (κ2) is 15.3. The van der Waals surface area contributed by atoms with Crippen molar-refractivity contribution in [2.75, 3.05) is 0 Å². The van der Waals surface area contributed by atoms with Crippen LogP contribution < -0.4 is 0 Å². The molecule has 0 radical (unpaired) electrons. The maximum absolute atomic E-state index is 12.7. The van der Waals surface area contributed by atoms with E-state index < -0.39 is 11.0 Å². The van der Waals surface area contributed by atoms with Crippen LogP contribution in [0.15, 0.2) is 0 Å². The summed E-state index contributed by atoms with van der Waals surface area (Å²) in [7, 11) is 0. The molecule has 10 fully saturated rings. The van der Waals surface area contributed by atoms with Crippen LogP contribution in [0.2, 0.25) is 0 Å². The first-order chi connectivity index (χ1) is 27.4. The monoisotopic (exact) mass is 825 g/mol. The predicted octanol–water partition coefficient (Wildman–Crippen LogP) is 10.2. The van der Waals surface area contributed by atoms with Gasteiger partial charge in [0.1, 0.15) is 23.4 Å². The molecule has 334 valence electrons. The summed E-state index contributed by atoms with van der Waals surface area (Å²) >= 11 is 0. The first kappa shape index (κ1) is 44.9. The minimum atomic E-state index is -0.542. The summed E-state index contributed by atoms with van der Waals surface area (Å²) in [6, 6.07) is 0. The first-order valence-corrected chi connectivity index (χ1v) is 24.0. The molecule has 0 aromatic heterocycles. The predicted molar refractivity (Wildman–Crippen MR) is 225 cm³/mol. The Morgan fingerprint density at radius 2 is 1.46 bits per heavy atom. The van der Waals surface area contributed by atoms with E-state index in [0.717, 1.165) is 76.0 Å². The summed E-state index contributed by atoms with van der Waals surface area (Å²) in [6.45, 7) is 25.4. The topological polar surface area (TPSA) is 125 Å². The summed E-state index contributed by atoms with van der Waals surface area (Å²) in [5.74, 6) is 3.67. The summed E-state index contributed by atoms with van der Waals surface area (Å²) in [5.41, 5.74) is -1.16. The van der Waals surface area contributed by atoms with Crippen LogP contribution >= 0.6 is 0 Å². The minimum absolute atomic E-state index is 0.000595. The Kier molecular flexibility index (Phi) is 11.6. The van der Waals surface area contributed by atoms with Gasteiger partial charge in [-0.15, -0.1) is 0 Å². The van der Waals surface area contributed by atoms with Crippen LogP contribution in [-0.4, -0.2) is 58.0 Å². The van der Waals surface area contributed by atoms with E-state index in [9.17, 15) is 24.3 Å². The molecule has 9 heteroatoms. The molecule has 13 atom stereocenters. The zero-order valence-corrected chi connectivity index (χ0v) is 38.9. The Balaban J connectivity index is 0.000000136. The highest BCUT2D eigenvalue weighted by molar-refractivity contribution is 5.78. The number of rotatable bonds is 9. The molecule has 10 rings (SSSR count). The van der Waals surface area contributed by atoms with Crippen molar-refractivity contribution in [3.8, 4) is 0 Å². The van der Waals surface area contributed by atoms with Crippen molar-refractivity contribution in [1.82, 2.24) is 0 Å². The van der Waals surface area contributed by atoms with Gasteiger partial charge in [0.15, 0.2) is 0 Å². The fourth-order valence-electron chi connectivity index (χ4n) is 14.7. The van der Waals surface area contributed by atoms with E-state index in [1.165, 1.54) is 32.1 Å². The largest absolute Gasteiger partial charge is 0.459 e. The van der Waals surface area contributed by atoms with Crippen molar-refractivity contribution in [3.05, 3.63) is 0 Å². The third-order valence-electron chi connectivity index (χ3n) is 18.9. The SMILES string of the molecule is CCC(C)(C)C(=O)OC1(C)CCC23CC1C(C)(C)C2CCC3C.CCC(C)(C)C(=O)OC1C2CC3C(=O)OC1C3C2.CCC(C)C(=O)OC12CC3CC(CC(O)(C3)C1)C2. The number of aliphatic hydroxyl groups is 1. The number of ether oxygens (including phenoxy) is 4. The summed E-state index contributed by atoms with van der Waals surface area (Å²) < 4.78 is 23.2. The molecule has 59 heavy (non-hydrogen) atoms. The number of carbonyl (C=O) groups excluding carboxylic acids is 4. The molecule has 0 amide bonds. The molecule has 0 aromatic carbocycles. The highest BCUT2D eigenvalue weighted by Gasteiger charge is 2.69. The van der Waals surface area contributed by atoms with Crippen molar-refractivity contribution in [2.24, 2.45) is 74.9 Å². The van der Waals surface area contributed by atoms with Crippen LogP contribution in [0.1, 0.15) is 186 Å². The van der Waals surface area contributed by atoms with Gasteiger partial charge in [0, 0.05) is 24.2 Å². The highest BCUT2D eigenvalue weighted by Crippen LogP contribution is 2.73. The quantitative estimate of drug-likeness (QED) is 0.179. The smallest absolute Gasteiger partial charge is 0.312 e. The number of hydrogen-bond acceptors (Lipinski definition) is 9. The van der Waals surface area contributed by atoms with E-state index in [0.29, 0.717) is 41.4 Å². The van der Waals surface area contributed by atoms with E-state index in [4.69, 9.17) is 18.9 Å². The Morgan fingerprint density at radius 3 is 2.05 bits per heavy atom. The zero-order valence-electron chi connectivity index (χ0n) is 38.9. The number of fused-ring (bicyclic) bond motifs is 2. The van der Waals surface area contributed by atoms with Gasteiger partial charge in [-0.25, -0.2) is 0 Å². The maximum Gasteiger partial charge on any atom is 0.312 e. The Morgan fingerprint density at radius 1 is 0.831 bits per heavy atom. The third kappa shape index (κ3) is 7.72. The molecule has 8 bridgehead atoms. The van der Waals surface area contributed by atoms with Gasteiger partial charge in [-0.2, -0.15) is 0 Å². The van der Waals surface area contributed by atoms with E-state index >= 15 is 0 Å². The minimum Gasteiger partial charge on any atom is -0.459 e. The van der Waals surface area contributed by atoms with Crippen LogP contribution in [0.5, 0.6) is 0 Å². The molecule has 1 saturated heterocycles. The molecule has 9 aliphatic carbocycles. The summed E-state index contributed by atoms with van der Waals surface area (Å²) in [4.78, 5) is 48.5. The van der Waals surface area contributed by atoms with Gasteiger partial charge in [-0.1, -0.05) is 48.5 Å². The van der Waals surface area contributed by atoms with E-state index in [1.54, 1.807) is 0 Å². The molecule has 10 aliphatic rings. The van der Waals surface area contributed by atoms with E-state index in [-0.39, 0.29) is 70.0 Å². The Bertz CT molecular complexity index is 1630. The number of esters is 4.